The SMILES string of the molecule is O=C(CNC(=O)C(CCc1cccc[n+]1[O-])NS(=O)(=O)Cc1ccccc1)NCc1cc(Cl)ccc1Cl. The van der Waals surface area contributed by atoms with Gasteiger partial charge in [0.1, 0.15) is 6.04 Å². The average molecular weight is 565 g/mol. The van der Waals surface area contributed by atoms with Crippen LogP contribution in [0.2, 0.25) is 10.0 Å². The highest BCUT2D eigenvalue weighted by molar-refractivity contribution is 7.88. The summed E-state index contributed by atoms with van der Waals surface area (Å²) in [5.74, 6) is -1.53. The number of carbonyl (C=O) groups is 2. The van der Waals surface area contributed by atoms with Crippen molar-refractivity contribution in [1.82, 2.24) is 15.4 Å². The van der Waals surface area contributed by atoms with Gasteiger partial charge in [-0.1, -0.05) is 59.6 Å². The number of pyridine rings is 1. The molecule has 0 spiro atoms. The van der Waals surface area contributed by atoms with Crippen molar-refractivity contribution in [2.75, 3.05) is 6.54 Å². The monoisotopic (exact) mass is 564 g/mol. The van der Waals surface area contributed by atoms with Crippen LogP contribution in [0.5, 0.6) is 0 Å². The Morgan fingerprint density at radius 3 is 2.43 bits per heavy atom. The number of carbonyl (C=O) groups excluding carboxylic acids is 2. The topological polar surface area (TPSA) is 131 Å². The maximum Gasteiger partial charge on any atom is 0.239 e. The van der Waals surface area contributed by atoms with E-state index in [4.69, 9.17) is 23.2 Å². The predicted molar refractivity (Wildman–Crippen MR) is 141 cm³/mol. The fourth-order valence-corrected chi connectivity index (χ4v) is 5.22. The van der Waals surface area contributed by atoms with E-state index in [1.165, 1.54) is 6.20 Å². The summed E-state index contributed by atoms with van der Waals surface area (Å²) in [6.07, 6.45) is 1.46. The van der Waals surface area contributed by atoms with Gasteiger partial charge in [0.05, 0.1) is 12.3 Å². The summed E-state index contributed by atoms with van der Waals surface area (Å²) in [7, 11) is -3.91. The number of amides is 2. The summed E-state index contributed by atoms with van der Waals surface area (Å²) >= 11 is 12.0. The van der Waals surface area contributed by atoms with Crippen molar-refractivity contribution in [1.29, 1.82) is 0 Å². The van der Waals surface area contributed by atoms with E-state index in [1.807, 2.05) is 0 Å². The second kappa shape index (κ2) is 13.4. The van der Waals surface area contributed by atoms with Crippen LogP contribution in [0.3, 0.4) is 0 Å². The lowest BCUT2D eigenvalue weighted by molar-refractivity contribution is -0.614. The minimum absolute atomic E-state index is 0.00580. The van der Waals surface area contributed by atoms with Crippen LogP contribution in [-0.2, 0) is 38.3 Å². The summed E-state index contributed by atoms with van der Waals surface area (Å²) in [5, 5.41) is 18.0. The predicted octanol–water partition coefficient (Wildman–Crippen LogP) is 2.48. The zero-order chi connectivity index (χ0) is 26.8. The summed E-state index contributed by atoms with van der Waals surface area (Å²) in [6, 6.07) is 17.0. The third-order valence-electron chi connectivity index (χ3n) is 5.34. The third-order valence-corrected chi connectivity index (χ3v) is 7.30. The lowest BCUT2D eigenvalue weighted by Gasteiger charge is -2.18. The molecular formula is C25H26Cl2N4O5S. The number of halogens is 2. The molecule has 196 valence electrons. The van der Waals surface area contributed by atoms with Gasteiger partial charge in [0.15, 0.2) is 11.9 Å². The molecule has 0 radical (unpaired) electrons. The highest BCUT2D eigenvalue weighted by atomic mass is 35.5. The fourth-order valence-electron chi connectivity index (χ4n) is 3.47. The number of sulfonamides is 1. The van der Waals surface area contributed by atoms with E-state index in [2.05, 4.69) is 15.4 Å². The molecule has 1 unspecified atom stereocenters. The normalized spacial score (nSPS) is 12.1. The van der Waals surface area contributed by atoms with Crippen molar-refractivity contribution in [3.63, 3.8) is 0 Å². The number of hydrogen-bond donors (Lipinski definition) is 3. The van der Waals surface area contributed by atoms with E-state index in [0.717, 1.165) is 0 Å². The Balaban J connectivity index is 1.63. The molecule has 1 atom stereocenters. The first kappa shape index (κ1) is 28.4. The van der Waals surface area contributed by atoms with Crippen molar-refractivity contribution >= 4 is 45.0 Å². The van der Waals surface area contributed by atoms with Crippen molar-refractivity contribution in [3.8, 4) is 0 Å². The smallest absolute Gasteiger partial charge is 0.239 e. The van der Waals surface area contributed by atoms with Crippen molar-refractivity contribution in [3.05, 3.63) is 105 Å². The average Bonchev–Trinajstić information content (AvgIpc) is 2.86. The molecule has 3 rings (SSSR count). The zero-order valence-electron chi connectivity index (χ0n) is 19.7. The number of aryl methyl sites for hydroxylation is 1. The molecule has 3 aromatic rings. The van der Waals surface area contributed by atoms with E-state index >= 15 is 0 Å². The van der Waals surface area contributed by atoms with Crippen molar-refractivity contribution in [2.45, 2.75) is 31.2 Å². The molecule has 12 heteroatoms. The van der Waals surface area contributed by atoms with Gasteiger partial charge < -0.3 is 15.8 Å². The maximum absolute atomic E-state index is 12.9. The van der Waals surface area contributed by atoms with Crippen LogP contribution < -0.4 is 20.1 Å². The zero-order valence-corrected chi connectivity index (χ0v) is 22.0. The standard InChI is InChI=1S/C25H26Cl2N4O5S/c26-20-9-11-22(27)19(14-20)15-28-24(32)16-29-25(33)23(12-10-21-8-4-5-13-31(21)34)30-37(35,36)17-18-6-2-1-3-7-18/h1-9,11,13-14,23,30H,10,12,15-17H2,(H,28,32)(H,29,33). The summed E-state index contributed by atoms with van der Waals surface area (Å²) in [6.45, 7) is -0.292. The molecule has 3 N–H and O–H groups in total. The van der Waals surface area contributed by atoms with Gasteiger partial charge in [0, 0.05) is 35.1 Å². The molecule has 1 aromatic heterocycles. The Hall–Kier alpha value is -3.18. The minimum atomic E-state index is -3.91. The first-order valence-electron chi connectivity index (χ1n) is 11.3. The number of hydrogen-bond acceptors (Lipinski definition) is 5. The Morgan fingerprint density at radius 2 is 1.70 bits per heavy atom. The fraction of sp³-hybridized carbons (Fsp3) is 0.240. The lowest BCUT2D eigenvalue weighted by atomic mass is 10.1. The van der Waals surface area contributed by atoms with Crippen LogP contribution in [-0.4, -0.2) is 32.8 Å². The van der Waals surface area contributed by atoms with Crippen molar-refractivity contribution < 1.29 is 22.7 Å². The number of rotatable bonds is 12. The highest BCUT2D eigenvalue weighted by Crippen LogP contribution is 2.20. The van der Waals surface area contributed by atoms with Crippen LogP contribution in [0.15, 0.2) is 72.9 Å². The quantitative estimate of drug-likeness (QED) is 0.230. The van der Waals surface area contributed by atoms with E-state index in [9.17, 15) is 23.2 Å². The molecule has 0 saturated carbocycles. The number of nitrogens with one attached hydrogen (secondary N) is 3. The van der Waals surface area contributed by atoms with E-state index in [-0.39, 0.29) is 31.7 Å². The molecule has 0 aliphatic rings. The molecule has 2 aromatic carbocycles. The molecule has 0 saturated heterocycles. The largest absolute Gasteiger partial charge is 0.619 e. The molecule has 37 heavy (non-hydrogen) atoms. The highest BCUT2D eigenvalue weighted by Gasteiger charge is 2.26. The van der Waals surface area contributed by atoms with Crippen LogP contribution in [0.1, 0.15) is 23.2 Å². The lowest BCUT2D eigenvalue weighted by Crippen LogP contribution is -2.49. The van der Waals surface area contributed by atoms with Gasteiger partial charge in [-0.15, -0.1) is 0 Å². The van der Waals surface area contributed by atoms with Crippen LogP contribution in [0, 0.1) is 5.21 Å². The van der Waals surface area contributed by atoms with Gasteiger partial charge in [-0.05, 0) is 35.7 Å². The van der Waals surface area contributed by atoms with Crippen LogP contribution >= 0.6 is 23.2 Å². The Labute approximate surface area is 225 Å². The number of benzene rings is 2. The molecule has 0 aliphatic carbocycles. The van der Waals surface area contributed by atoms with Gasteiger partial charge in [-0.25, -0.2) is 13.1 Å². The van der Waals surface area contributed by atoms with E-state index in [1.54, 1.807) is 66.7 Å². The van der Waals surface area contributed by atoms with Crippen LogP contribution in [0.4, 0.5) is 0 Å². The second-order valence-electron chi connectivity index (χ2n) is 8.20. The third kappa shape index (κ3) is 9.32. The van der Waals surface area contributed by atoms with Crippen LogP contribution in [0.25, 0.3) is 0 Å². The summed E-state index contributed by atoms with van der Waals surface area (Å²) in [4.78, 5) is 25.2. The van der Waals surface area contributed by atoms with Gasteiger partial charge in [0.2, 0.25) is 21.8 Å². The van der Waals surface area contributed by atoms with E-state index in [0.29, 0.717) is 31.6 Å². The second-order valence-corrected chi connectivity index (χ2v) is 10.8. The van der Waals surface area contributed by atoms with Gasteiger partial charge in [-0.2, -0.15) is 4.73 Å². The molecule has 9 nitrogen and oxygen atoms in total. The Bertz CT molecular complexity index is 1340. The molecule has 0 fully saturated rings. The van der Waals surface area contributed by atoms with Gasteiger partial charge >= 0.3 is 0 Å². The summed E-state index contributed by atoms with van der Waals surface area (Å²) in [5.41, 5.74) is 1.53. The first-order chi connectivity index (χ1) is 17.6. The Morgan fingerprint density at radius 1 is 0.973 bits per heavy atom. The summed E-state index contributed by atoms with van der Waals surface area (Å²) < 4.78 is 28.6. The molecule has 2 amide bonds. The molecule has 0 bridgehead atoms. The minimum Gasteiger partial charge on any atom is -0.619 e. The van der Waals surface area contributed by atoms with E-state index < -0.39 is 27.9 Å². The number of nitrogens with zero attached hydrogens (tertiary/aromatic N) is 1. The van der Waals surface area contributed by atoms with Gasteiger partial charge in [0.25, 0.3) is 0 Å². The first-order valence-corrected chi connectivity index (χ1v) is 13.7. The number of aromatic nitrogens is 1. The van der Waals surface area contributed by atoms with Crippen molar-refractivity contribution in [2.24, 2.45) is 0 Å². The molecular weight excluding hydrogens is 539 g/mol. The Kier molecular flexibility index (Phi) is 10.3. The molecule has 0 aliphatic heterocycles. The maximum atomic E-state index is 12.9. The molecule has 1 heterocycles. The van der Waals surface area contributed by atoms with Gasteiger partial charge in [-0.3, -0.25) is 9.59 Å².